The van der Waals surface area contributed by atoms with Gasteiger partial charge in [0.2, 0.25) is 5.91 Å². The molecule has 0 saturated heterocycles. The van der Waals surface area contributed by atoms with E-state index in [9.17, 15) is 9.59 Å². The molecule has 0 fully saturated rings. The number of nitrogens with one attached hydrogen (secondary N) is 1. The second-order valence-corrected chi connectivity index (χ2v) is 6.19. The van der Waals surface area contributed by atoms with Gasteiger partial charge in [0.05, 0.1) is 5.69 Å². The van der Waals surface area contributed by atoms with E-state index in [2.05, 4.69) is 10.5 Å². The van der Waals surface area contributed by atoms with E-state index < -0.39 is 5.97 Å². The van der Waals surface area contributed by atoms with Crippen molar-refractivity contribution in [2.75, 3.05) is 0 Å². The molecule has 6 heteroatoms. The van der Waals surface area contributed by atoms with Gasteiger partial charge < -0.3 is 14.9 Å². The summed E-state index contributed by atoms with van der Waals surface area (Å²) in [5, 5.41) is 15.8. The summed E-state index contributed by atoms with van der Waals surface area (Å²) < 4.78 is 5.11. The fraction of sp³-hybridized carbons (Fsp3) is 0.421. The normalized spacial score (nSPS) is 11.9. The average Bonchev–Trinajstić information content (AvgIpc) is 2.90. The predicted octanol–water partition coefficient (Wildman–Crippen LogP) is 2.82. The van der Waals surface area contributed by atoms with Gasteiger partial charge in [0, 0.05) is 24.4 Å². The smallest absolute Gasteiger partial charge is 0.303 e. The third kappa shape index (κ3) is 6.06. The molecule has 2 rings (SSSR count). The summed E-state index contributed by atoms with van der Waals surface area (Å²) in [5.41, 5.74) is 2.83. The number of benzene rings is 1. The fourth-order valence-electron chi connectivity index (χ4n) is 2.82. The van der Waals surface area contributed by atoms with Crippen molar-refractivity contribution in [3.05, 3.63) is 52.9 Å². The summed E-state index contributed by atoms with van der Waals surface area (Å²) >= 11 is 0. The van der Waals surface area contributed by atoms with Crippen LogP contribution in [0.5, 0.6) is 0 Å². The van der Waals surface area contributed by atoms with E-state index >= 15 is 0 Å². The van der Waals surface area contributed by atoms with Crippen molar-refractivity contribution in [3.63, 3.8) is 0 Å². The average molecular weight is 344 g/mol. The van der Waals surface area contributed by atoms with Gasteiger partial charge in [-0.15, -0.1) is 0 Å². The first kappa shape index (κ1) is 18.7. The number of amides is 1. The van der Waals surface area contributed by atoms with E-state index in [1.54, 1.807) is 0 Å². The highest BCUT2D eigenvalue weighted by molar-refractivity contribution is 5.76. The zero-order chi connectivity index (χ0) is 18.2. The van der Waals surface area contributed by atoms with Crippen molar-refractivity contribution in [3.8, 4) is 0 Å². The number of carbonyl (C=O) groups is 2. The van der Waals surface area contributed by atoms with Gasteiger partial charge in [-0.2, -0.15) is 0 Å². The quantitative estimate of drug-likeness (QED) is 0.730. The van der Waals surface area contributed by atoms with Crippen molar-refractivity contribution >= 4 is 11.9 Å². The number of aliphatic carboxylic acids is 1. The Hall–Kier alpha value is -2.63. The molecule has 0 aliphatic heterocycles. The van der Waals surface area contributed by atoms with Crippen LogP contribution >= 0.6 is 0 Å². The van der Waals surface area contributed by atoms with E-state index in [1.807, 2.05) is 44.2 Å². The molecule has 0 radical (unpaired) electrons. The lowest BCUT2D eigenvalue weighted by atomic mass is 10.0. The summed E-state index contributed by atoms with van der Waals surface area (Å²) in [6.07, 6.45) is 1.93. The van der Waals surface area contributed by atoms with Crippen LogP contribution in [-0.4, -0.2) is 28.2 Å². The first-order valence-corrected chi connectivity index (χ1v) is 8.42. The van der Waals surface area contributed by atoms with Crippen LogP contribution in [-0.2, 0) is 22.4 Å². The zero-order valence-electron chi connectivity index (χ0n) is 14.6. The number of rotatable bonds is 9. The van der Waals surface area contributed by atoms with Crippen LogP contribution in [0.25, 0.3) is 0 Å². The highest BCUT2D eigenvalue weighted by atomic mass is 16.5. The van der Waals surface area contributed by atoms with Gasteiger partial charge in [-0.1, -0.05) is 35.5 Å². The predicted molar refractivity (Wildman–Crippen MR) is 93.2 cm³/mol. The molecular weight excluding hydrogens is 320 g/mol. The molecule has 134 valence electrons. The van der Waals surface area contributed by atoms with Crippen LogP contribution in [0.2, 0.25) is 0 Å². The number of aromatic nitrogens is 1. The molecule has 25 heavy (non-hydrogen) atoms. The van der Waals surface area contributed by atoms with E-state index in [0.717, 1.165) is 22.6 Å². The molecule has 2 N–H and O–H groups in total. The van der Waals surface area contributed by atoms with Crippen molar-refractivity contribution in [1.82, 2.24) is 10.5 Å². The molecule has 0 aliphatic rings. The van der Waals surface area contributed by atoms with Crippen molar-refractivity contribution in [2.45, 2.75) is 52.0 Å². The summed E-state index contributed by atoms with van der Waals surface area (Å²) in [6.45, 7) is 3.69. The van der Waals surface area contributed by atoms with Crippen LogP contribution < -0.4 is 5.32 Å². The molecule has 1 unspecified atom stereocenters. The monoisotopic (exact) mass is 344 g/mol. The minimum absolute atomic E-state index is 0.0294. The van der Waals surface area contributed by atoms with Gasteiger partial charge in [0.25, 0.3) is 0 Å². The van der Waals surface area contributed by atoms with Gasteiger partial charge >= 0.3 is 5.97 Å². The summed E-state index contributed by atoms with van der Waals surface area (Å²) in [4.78, 5) is 23.2. The van der Waals surface area contributed by atoms with E-state index in [0.29, 0.717) is 25.7 Å². The molecule has 0 bridgehead atoms. The standard InChI is InChI=1S/C19H24N2O4/c1-13-17(14(2)25-21-13)9-10-18(22)20-16(8-11-19(23)24)12-15-6-4-3-5-7-15/h3-7,16H,8-12H2,1-2H3,(H,20,22)(H,23,24). The maximum absolute atomic E-state index is 12.3. The Labute approximate surface area is 147 Å². The number of carbonyl (C=O) groups excluding carboxylic acids is 1. The summed E-state index contributed by atoms with van der Waals surface area (Å²) in [7, 11) is 0. The second-order valence-electron chi connectivity index (χ2n) is 6.19. The first-order chi connectivity index (χ1) is 12.0. The molecule has 1 atom stereocenters. The van der Waals surface area contributed by atoms with Crippen molar-refractivity contribution in [2.24, 2.45) is 0 Å². The van der Waals surface area contributed by atoms with Crippen LogP contribution in [0.1, 0.15) is 41.8 Å². The fourth-order valence-corrected chi connectivity index (χ4v) is 2.82. The summed E-state index contributed by atoms with van der Waals surface area (Å²) in [6, 6.07) is 9.55. The molecule has 2 aromatic rings. The Morgan fingerprint density at radius 1 is 1.20 bits per heavy atom. The highest BCUT2D eigenvalue weighted by Gasteiger charge is 2.16. The highest BCUT2D eigenvalue weighted by Crippen LogP contribution is 2.15. The molecule has 1 heterocycles. The first-order valence-electron chi connectivity index (χ1n) is 8.42. The SMILES string of the molecule is Cc1noc(C)c1CCC(=O)NC(CCC(=O)O)Cc1ccccc1. The Bertz CT molecular complexity index is 690. The lowest BCUT2D eigenvalue weighted by Crippen LogP contribution is -2.37. The minimum Gasteiger partial charge on any atom is -0.481 e. The van der Waals surface area contributed by atoms with Crippen LogP contribution in [0.3, 0.4) is 0 Å². The largest absolute Gasteiger partial charge is 0.481 e. The van der Waals surface area contributed by atoms with Crippen LogP contribution in [0, 0.1) is 13.8 Å². The molecule has 1 aromatic heterocycles. The Kier molecular flexibility index (Phi) is 6.74. The third-order valence-corrected chi connectivity index (χ3v) is 4.18. The number of aryl methyl sites for hydroxylation is 2. The van der Waals surface area contributed by atoms with Gasteiger partial charge in [0.1, 0.15) is 5.76 Å². The lowest BCUT2D eigenvalue weighted by Gasteiger charge is -2.18. The van der Waals surface area contributed by atoms with E-state index in [1.165, 1.54) is 0 Å². The summed E-state index contributed by atoms with van der Waals surface area (Å²) in [5.74, 6) is -0.216. The van der Waals surface area contributed by atoms with Crippen molar-refractivity contribution < 1.29 is 19.2 Å². The number of hydrogen-bond donors (Lipinski definition) is 2. The maximum Gasteiger partial charge on any atom is 0.303 e. The Morgan fingerprint density at radius 2 is 1.92 bits per heavy atom. The van der Waals surface area contributed by atoms with Crippen molar-refractivity contribution in [1.29, 1.82) is 0 Å². The minimum atomic E-state index is -0.858. The number of nitrogens with zero attached hydrogens (tertiary/aromatic N) is 1. The molecule has 0 aliphatic carbocycles. The molecule has 0 saturated carbocycles. The zero-order valence-corrected chi connectivity index (χ0v) is 14.6. The Balaban J connectivity index is 1.92. The Morgan fingerprint density at radius 3 is 2.52 bits per heavy atom. The molecule has 0 spiro atoms. The van der Waals surface area contributed by atoms with Gasteiger partial charge in [-0.25, -0.2) is 0 Å². The molecule has 1 aromatic carbocycles. The number of carboxylic acid groups (broad SMARTS) is 1. The van der Waals surface area contributed by atoms with E-state index in [-0.39, 0.29) is 18.4 Å². The van der Waals surface area contributed by atoms with Gasteiger partial charge in [0.15, 0.2) is 0 Å². The number of hydrogen-bond acceptors (Lipinski definition) is 4. The molecule has 1 amide bonds. The maximum atomic E-state index is 12.3. The van der Waals surface area contributed by atoms with Crippen LogP contribution in [0.15, 0.2) is 34.9 Å². The van der Waals surface area contributed by atoms with Gasteiger partial charge in [-0.3, -0.25) is 9.59 Å². The topological polar surface area (TPSA) is 92.4 Å². The number of carboxylic acids is 1. The van der Waals surface area contributed by atoms with Crippen LogP contribution in [0.4, 0.5) is 0 Å². The third-order valence-electron chi connectivity index (χ3n) is 4.18. The van der Waals surface area contributed by atoms with E-state index in [4.69, 9.17) is 9.63 Å². The second kappa shape index (κ2) is 9.01. The lowest BCUT2D eigenvalue weighted by molar-refractivity contribution is -0.137. The van der Waals surface area contributed by atoms with Gasteiger partial charge in [-0.05, 0) is 38.7 Å². The molecule has 6 nitrogen and oxygen atoms in total. The molecular formula is C19H24N2O4.